The van der Waals surface area contributed by atoms with Gasteiger partial charge in [0.1, 0.15) is 18.1 Å². The molecule has 3 heterocycles. The summed E-state index contributed by atoms with van der Waals surface area (Å²) in [5.41, 5.74) is 7.18. The molecule has 0 aliphatic carbocycles. The number of H-pyrrole nitrogens is 2. The zero-order valence-corrected chi connectivity index (χ0v) is 20.4. The van der Waals surface area contributed by atoms with Crippen LogP contribution in [0.2, 0.25) is 0 Å². The van der Waals surface area contributed by atoms with Crippen molar-refractivity contribution in [1.29, 1.82) is 0 Å². The van der Waals surface area contributed by atoms with Crippen LogP contribution in [0.4, 0.5) is 0 Å². The number of carbonyl (C=O) groups is 4. The van der Waals surface area contributed by atoms with Crippen LogP contribution in [0, 0.1) is 5.92 Å². The van der Waals surface area contributed by atoms with E-state index >= 15 is 0 Å². The van der Waals surface area contributed by atoms with Crippen LogP contribution in [0.3, 0.4) is 0 Å². The number of nitrogens with one attached hydrogen (secondary N) is 4. The number of likely N-dealkylation sites (tertiary alicyclic amines) is 1. The van der Waals surface area contributed by atoms with Gasteiger partial charge < -0.3 is 36.3 Å². The van der Waals surface area contributed by atoms with Gasteiger partial charge >= 0.3 is 5.97 Å². The van der Waals surface area contributed by atoms with E-state index in [2.05, 4.69) is 30.6 Å². The second-order valence-corrected chi connectivity index (χ2v) is 9.42. The minimum absolute atomic E-state index is 0.0479. The van der Waals surface area contributed by atoms with E-state index in [0.29, 0.717) is 37.2 Å². The summed E-state index contributed by atoms with van der Waals surface area (Å²) in [5.74, 6) is -2.59. The lowest BCUT2D eigenvalue weighted by molar-refractivity contribution is -0.149. The number of hydrogen-bond acceptors (Lipinski definition) is 7. The predicted octanol–water partition coefficient (Wildman–Crippen LogP) is -0.663. The number of nitrogens with two attached hydrogens (primary N) is 1. The van der Waals surface area contributed by atoms with Crippen LogP contribution in [0.1, 0.15) is 44.5 Å². The van der Waals surface area contributed by atoms with Crippen LogP contribution < -0.4 is 16.4 Å². The van der Waals surface area contributed by atoms with Gasteiger partial charge in [0.2, 0.25) is 17.7 Å². The fourth-order valence-corrected chi connectivity index (χ4v) is 4.27. The highest BCUT2D eigenvalue weighted by Gasteiger charge is 2.38. The average molecular weight is 503 g/mol. The van der Waals surface area contributed by atoms with Crippen LogP contribution in [-0.2, 0) is 32.0 Å². The van der Waals surface area contributed by atoms with Gasteiger partial charge in [-0.2, -0.15) is 0 Å². The van der Waals surface area contributed by atoms with E-state index in [0.717, 1.165) is 0 Å². The molecule has 13 nitrogen and oxygen atoms in total. The van der Waals surface area contributed by atoms with Gasteiger partial charge in [-0.15, -0.1) is 0 Å². The molecule has 2 aromatic heterocycles. The first kappa shape index (κ1) is 26.9. The molecule has 1 fully saturated rings. The number of hydrogen-bond donors (Lipinski definition) is 6. The van der Waals surface area contributed by atoms with Crippen LogP contribution in [0.25, 0.3) is 0 Å². The minimum atomic E-state index is -1.06. The largest absolute Gasteiger partial charge is 0.480 e. The number of aliphatic carboxylic acids is 1. The molecule has 1 saturated heterocycles. The maximum Gasteiger partial charge on any atom is 0.326 e. The number of carbonyl (C=O) groups excluding carboxylic acids is 3. The van der Waals surface area contributed by atoms with Crippen molar-refractivity contribution in [2.45, 2.75) is 70.1 Å². The molecule has 196 valence electrons. The molecule has 3 amide bonds. The molecule has 7 N–H and O–H groups in total. The van der Waals surface area contributed by atoms with Crippen LogP contribution in [0.15, 0.2) is 25.0 Å². The Hall–Kier alpha value is -3.74. The molecule has 0 saturated carbocycles. The Morgan fingerprint density at radius 3 is 2.22 bits per heavy atom. The number of aromatic amines is 2. The molecule has 3 rings (SSSR count). The highest BCUT2D eigenvalue weighted by Crippen LogP contribution is 2.20. The number of nitrogens with zero attached hydrogens (tertiary/aromatic N) is 3. The van der Waals surface area contributed by atoms with E-state index in [-0.39, 0.29) is 18.8 Å². The first-order chi connectivity index (χ1) is 17.2. The Kier molecular flexibility index (Phi) is 9.17. The average Bonchev–Trinajstić information content (AvgIpc) is 3.59. The third-order valence-electron chi connectivity index (χ3n) is 6.06. The van der Waals surface area contributed by atoms with Crippen molar-refractivity contribution in [2.75, 3.05) is 6.54 Å². The summed E-state index contributed by atoms with van der Waals surface area (Å²) in [4.78, 5) is 66.2. The second kappa shape index (κ2) is 12.3. The Morgan fingerprint density at radius 1 is 1.06 bits per heavy atom. The molecular formula is C23H34N8O5. The van der Waals surface area contributed by atoms with Gasteiger partial charge in [-0.1, -0.05) is 13.8 Å². The van der Waals surface area contributed by atoms with Crippen LogP contribution in [0.5, 0.6) is 0 Å². The summed E-state index contributed by atoms with van der Waals surface area (Å²) in [6.45, 7) is 4.13. The maximum atomic E-state index is 13.4. The van der Waals surface area contributed by atoms with Gasteiger partial charge in [-0.05, 0) is 25.2 Å². The Morgan fingerprint density at radius 2 is 1.67 bits per heavy atom. The third-order valence-corrected chi connectivity index (χ3v) is 6.06. The molecule has 1 aliphatic heterocycles. The fourth-order valence-electron chi connectivity index (χ4n) is 4.27. The zero-order chi connectivity index (χ0) is 26.2. The monoisotopic (exact) mass is 502 g/mol. The van der Waals surface area contributed by atoms with Gasteiger partial charge in [0, 0.05) is 31.8 Å². The Bertz CT molecular complexity index is 1020. The standard InChI is InChI=1S/C23H34N8O5/c1-13(2)6-18(22(34)31-5-3-4-19(31)23(35)36)30-21(33)17(8-15-10-26-12-28-15)29-20(32)16(24)7-14-9-25-11-27-14/h9-13,16-19H,3-8,24H2,1-2H3,(H,25,27)(H,26,28)(H,29,32)(H,30,33)(H,35,36)/t16-,17-,18-,19-/m0/s1. The highest BCUT2D eigenvalue weighted by molar-refractivity contribution is 5.94. The normalized spacial score (nSPS) is 18.0. The number of carboxylic acids is 1. The molecule has 1 aliphatic rings. The van der Waals surface area contributed by atoms with Crippen molar-refractivity contribution < 1.29 is 24.3 Å². The minimum Gasteiger partial charge on any atom is -0.480 e. The summed E-state index contributed by atoms with van der Waals surface area (Å²) in [6, 6.07) is -3.85. The molecule has 0 radical (unpaired) electrons. The van der Waals surface area contributed by atoms with Crippen molar-refractivity contribution >= 4 is 23.7 Å². The van der Waals surface area contributed by atoms with Crippen molar-refractivity contribution in [1.82, 2.24) is 35.5 Å². The number of carboxylic acid groups (broad SMARTS) is 1. The lowest BCUT2D eigenvalue weighted by Crippen LogP contribution is -2.58. The Labute approximate surface area is 208 Å². The summed E-state index contributed by atoms with van der Waals surface area (Å²) < 4.78 is 0. The predicted molar refractivity (Wildman–Crippen MR) is 128 cm³/mol. The van der Waals surface area contributed by atoms with Crippen molar-refractivity contribution in [3.63, 3.8) is 0 Å². The molecule has 13 heteroatoms. The van der Waals surface area contributed by atoms with Gasteiger partial charge in [0.15, 0.2) is 0 Å². The number of aromatic nitrogens is 4. The topological polar surface area (TPSA) is 199 Å². The van der Waals surface area contributed by atoms with E-state index in [1.165, 1.54) is 17.6 Å². The van der Waals surface area contributed by atoms with Crippen LogP contribution in [-0.4, -0.2) is 84.3 Å². The zero-order valence-electron chi connectivity index (χ0n) is 20.4. The molecule has 0 unspecified atom stereocenters. The molecule has 0 bridgehead atoms. The first-order valence-corrected chi connectivity index (χ1v) is 12.0. The molecule has 4 atom stereocenters. The van der Waals surface area contributed by atoms with E-state index in [4.69, 9.17) is 5.73 Å². The summed E-state index contributed by atoms with van der Waals surface area (Å²) in [7, 11) is 0. The van der Waals surface area contributed by atoms with Crippen molar-refractivity contribution in [3.8, 4) is 0 Å². The van der Waals surface area contributed by atoms with Crippen LogP contribution >= 0.6 is 0 Å². The fraction of sp³-hybridized carbons (Fsp3) is 0.565. The smallest absolute Gasteiger partial charge is 0.326 e. The lowest BCUT2D eigenvalue weighted by Gasteiger charge is -2.29. The summed E-state index contributed by atoms with van der Waals surface area (Å²) in [5, 5.41) is 14.9. The van der Waals surface area contributed by atoms with Crippen molar-refractivity contribution in [2.24, 2.45) is 11.7 Å². The summed E-state index contributed by atoms with van der Waals surface area (Å²) in [6.07, 6.45) is 7.68. The second-order valence-electron chi connectivity index (χ2n) is 9.42. The quantitative estimate of drug-likeness (QED) is 0.219. The Balaban J connectivity index is 1.74. The van der Waals surface area contributed by atoms with E-state index < -0.39 is 47.9 Å². The van der Waals surface area contributed by atoms with Gasteiger partial charge in [0.05, 0.1) is 30.1 Å². The van der Waals surface area contributed by atoms with E-state index in [1.54, 1.807) is 12.4 Å². The number of rotatable bonds is 12. The maximum absolute atomic E-state index is 13.4. The van der Waals surface area contributed by atoms with Gasteiger partial charge in [-0.3, -0.25) is 14.4 Å². The first-order valence-electron chi connectivity index (χ1n) is 12.0. The SMILES string of the molecule is CC(C)C[C@H](NC(=O)[C@H](Cc1c[nH]cn1)NC(=O)[C@@H](N)Cc1c[nH]cn1)C(=O)N1CCC[C@H]1C(=O)O. The molecule has 0 spiro atoms. The summed E-state index contributed by atoms with van der Waals surface area (Å²) >= 11 is 0. The van der Waals surface area contributed by atoms with Crippen molar-refractivity contribution in [3.05, 3.63) is 36.4 Å². The third kappa shape index (κ3) is 7.13. The van der Waals surface area contributed by atoms with Gasteiger partial charge in [0.25, 0.3) is 0 Å². The van der Waals surface area contributed by atoms with E-state index in [9.17, 15) is 24.3 Å². The molecule has 0 aromatic carbocycles. The molecule has 36 heavy (non-hydrogen) atoms. The number of imidazole rings is 2. The highest BCUT2D eigenvalue weighted by atomic mass is 16.4. The lowest BCUT2D eigenvalue weighted by atomic mass is 10.0. The molecule has 2 aromatic rings. The van der Waals surface area contributed by atoms with Gasteiger partial charge in [-0.25, -0.2) is 14.8 Å². The number of amides is 3. The molecular weight excluding hydrogens is 468 g/mol. The van der Waals surface area contributed by atoms with E-state index in [1.807, 2.05) is 13.8 Å².